The molecular weight excluding hydrogens is 250 g/mol. The van der Waals surface area contributed by atoms with Gasteiger partial charge in [0.1, 0.15) is 0 Å². The number of benzene rings is 1. The molecule has 1 aromatic carbocycles. The monoisotopic (exact) mass is 261 g/mol. The summed E-state index contributed by atoms with van der Waals surface area (Å²) in [4.78, 5) is 4.26. The highest BCUT2D eigenvalue weighted by atomic mass is 35.5. The number of nitrogens with one attached hydrogen (secondary N) is 1. The number of halogens is 1. The summed E-state index contributed by atoms with van der Waals surface area (Å²) in [5, 5.41) is 7.60. The highest BCUT2D eigenvalue weighted by molar-refractivity contribution is 6.30. The van der Waals surface area contributed by atoms with Crippen LogP contribution in [0.15, 0.2) is 28.8 Å². The molecule has 5 heteroatoms. The van der Waals surface area contributed by atoms with Crippen molar-refractivity contribution >= 4 is 11.6 Å². The van der Waals surface area contributed by atoms with Gasteiger partial charge in [0.05, 0.1) is 13.1 Å². The molecule has 0 amide bonds. The summed E-state index contributed by atoms with van der Waals surface area (Å²) in [5.41, 5.74) is 1.09. The molecule has 1 heterocycles. The van der Waals surface area contributed by atoms with Crippen molar-refractivity contribution in [1.29, 1.82) is 0 Å². The zero-order valence-corrected chi connectivity index (χ0v) is 10.4. The van der Waals surface area contributed by atoms with Gasteiger partial charge in [0.25, 0.3) is 0 Å². The molecule has 0 saturated carbocycles. The second-order valence-electron chi connectivity index (χ2n) is 3.72. The van der Waals surface area contributed by atoms with Gasteiger partial charge in [-0.3, -0.25) is 5.32 Å². The molecule has 2 aromatic rings. The Morgan fingerprint density at radius 2 is 2.11 bits per heavy atom. The van der Waals surface area contributed by atoms with Crippen molar-refractivity contribution in [3.05, 3.63) is 46.6 Å². The lowest BCUT2D eigenvalue weighted by atomic mass is 10.1. The first kappa shape index (κ1) is 12.6. The Morgan fingerprint density at radius 1 is 1.33 bits per heavy atom. The van der Waals surface area contributed by atoms with Crippen LogP contribution >= 0.6 is 11.6 Å². The first-order valence-electron chi connectivity index (χ1n) is 5.48. The van der Waals surface area contributed by atoms with Crippen LogP contribution in [0, 0.1) is 12.3 Å². The van der Waals surface area contributed by atoms with Crippen LogP contribution in [0.4, 0.5) is 0 Å². The minimum Gasteiger partial charge on any atom is -0.338 e. The molecular formula is C13H12ClN3O. The van der Waals surface area contributed by atoms with E-state index in [0.717, 1.165) is 5.56 Å². The average molecular weight is 262 g/mol. The third-order valence-corrected chi connectivity index (χ3v) is 2.54. The minimum atomic E-state index is 0.481. The number of hydrogen-bond donors (Lipinski definition) is 1. The van der Waals surface area contributed by atoms with Crippen molar-refractivity contribution in [2.75, 3.05) is 6.54 Å². The first-order valence-corrected chi connectivity index (χ1v) is 5.86. The Bertz CT molecular complexity index is 542. The average Bonchev–Trinajstić information content (AvgIpc) is 2.80. The smallest absolute Gasteiger partial charge is 0.240 e. The Hall–Kier alpha value is -1.83. The maximum atomic E-state index is 5.82. The molecule has 1 aromatic heterocycles. The SMILES string of the molecule is C#CCNCc1nc(Cc2ccc(Cl)cc2)no1. The van der Waals surface area contributed by atoms with Gasteiger partial charge in [0, 0.05) is 11.4 Å². The van der Waals surface area contributed by atoms with Gasteiger partial charge in [0.2, 0.25) is 5.89 Å². The van der Waals surface area contributed by atoms with Crippen LogP contribution in [-0.4, -0.2) is 16.7 Å². The molecule has 0 aliphatic carbocycles. The van der Waals surface area contributed by atoms with Crippen LogP contribution in [0.5, 0.6) is 0 Å². The van der Waals surface area contributed by atoms with Gasteiger partial charge in [-0.1, -0.05) is 34.8 Å². The zero-order valence-electron chi connectivity index (χ0n) is 9.69. The molecule has 0 saturated heterocycles. The molecule has 0 aliphatic heterocycles. The van der Waals surface area contributed by atoms with Crippen molar-refractivity contribution in [2.24, 2.45) is 0 Å². The zero-order chi connectivity index (χ0) is 12.8. The standard InChI is InChI=1S/C13H12ClN3O/c1-2-7-15-9-13-16-12(17-18-13)8-10-3-5-11(14)6-4-10/h1,3-6,15H,7-9H2. The molecule has 2 rings (SSSR count). The van der Waals surface area contributed by atoms with E-state index in [1.54, 1.807) is 0 Å². The third kappa shape index (κ3) is 3.59. The number of nitrogens with zero attached hydrogens (tertiary/aromatic N) is 2. The van der Waals surface area contributed by atoms with E-state index in [0.29, 0.717) is 36.2 Å². The molecule has 0 radical (unpaired) electrons. The van der Waals surface area contributed by atoms with Gasteiger partial charge in [0.15, 0.2) is 5.82 Å². The topological polar surface area (TPSA) is 51.0 Å². The fraction of sp³-hybridized carbons (Fsp3) is 0.231. The van der Waals surface area contributed by atoms with Crippen molar-refractivity contribution in [3.63, 3.8) is 0 Å². The molecule has 0 unspecified atom stereocenters. The Kier molecular flexibility index (Phi) is 4.35. The summed E-state index contributed by atoms with van der Waals surface area (Å²) in [6.45, 7) is 0.965. The number of rotatable bonds is 5. The lowest BCUT2D eigenvalue weighted by Crippen LogP contribution is -2.13. The van der Waals surface area contributed by atoms with Gasteiger partial charge in [-0.25, -0.2) is 0 Å². The fourth-order valence-corrected chi connectivity index (χ4v) is 1.59. The van der Waals surface area contributed by atoms with E-state index in [-0.39, 0.29) is 0 Å². The van der Waals surface area contributed by atoms with Crippen molar-refractivity contribution in [1.82, 2.24) is 15.5 Å². The lowest BCUT2D eigenvalue weighted by molar-refractivity contribution is 0.366. The molecule has 0 bridgehead atoms. The lowest BCUT2D eigenvalue weighted by Gasteiger charge is -1.96. The van der Waals surface area contributed by atoms with Gasteiger partial charge in [-0.05, 0) is 17.7 Å². The van der Waals surface area contributed by atoms with Crippen LogP contribution in [0.25, 0.3) is 0 Å². The largest absolute Gasteiger partial charge is 0.338 e. The summed E-state index contributed by atoms with van der Waals surface area (Å²) in [6.07, 6.45) is 5.74. The highest BCUT2D eigenvalue weighted by Crippen LogP contribution is 2.12. The van der Waals surface area contributed by atoms with Crippen LogP contribution in [0.2, 0.25) is 5.02 Å². The molecule has 18 heavy (non-hydrogen) atoms. The van der Waals surface area contributed by atoms with E-state index < -0.39 is 0 Å². The summed E-state index contributed by atoms with van der Waals surface area (Å²) in [6, 6.07) is 7.56. The van der Waals surface area contributed by atoms with E-state index in [1.807, 2.05) is 24.3 Å². The van der Waals surface area contributed by atoms with Gasteiger partial charge in [-0.15, -0.1) is 6.42 Å². The second kappa shape index (κ2) is 6.20. The first-order chi connectivity index (χ1) is 8.78. The second-order valence-corrected chi connectivity index (χ2v) is 4.15. The fourth-order valence-electron chi connectivity index (χ4n) is 1.46. The summed E-state index contributed by atoms with van der Waals surface area (Å²) in [7, 11) is 0. The number of terminal acetylenes is 1. The van der Waals surface area contributed by atoms with Gasteiger partial charge >= 0.3 is 0 Å². The maximum absolute atomic E-state index is 5.82. The van der Waals surface area contributed by atoms with Crippen LogP contribution in [-0.2, 0) is 13.0 Å². The number of aromatic nitrogens is 2. The minimum absolute atomic E-state index is 0.481. The van der Waals surface area contributed by atoms with Crippen molar-refractivity contribution in [2.45, 2.75) is 13.0 Å². The van der Waals surface area contributed by atoms with Crippen molar-refractivity contribution < 1.29 is 4.52 Å². The molecule has 0 atom stereocenters. The molecule has 0 fully saturated rings. The Labute approximate surface area is 110 Å². The van der Waals surface area contributed by atoms with Crippen LogP contribution in [0.3, 0.4) is 0 Å². The molecule has 0 spiro atoms. The quantitative estimate of drug-likeness (QED) is 0.661. The molecule has 0 aliphatic rings. The summed E-state index contributed by atoms with van der Waals surface area (Å²) in [5.74, 6) is 3.66. The van der Waals surface area contributed by atoms with E-state index in [2.05, 4.69) is 21.4 Å². The molecule has 1 N–H and O–H groups in total. The van der Waals surface area contributed by atoms with Gasteiger partial charge in [-0.2, -0.15) is 4.98 Å². The van der Waals surface area contributed by atoms with Gasteiger partial charge < -0.3 is 4.52 Å². The summed E-state index contributed by atoms with van der Waals surface area (Å²) >= 11 is 5.82. The Morgan fingerprint density at radius 3 is 2.83 bits per heavy atom. The van der Waals surface area contributed by atoms with E-state index in [9.17, 15) is 0 Å². The van der Waals surface area contributed by atoms with E-state index >= 15 is 0 Å². The predicted molar refractivity (Wildman–Crippen MR) is 69.1 cm³/mol. The third-order valence-electron chi connectivity index (χ3n) is 2.29. The van der Waals surface area contributed by atoms with E-state index in [4.69, 9.17) is 22.5 Å². The van der Waals surface area contributed by atoms with Crippen LogP contribution in [0.1, 0.15) is 17.3 Å². The predicted octanol–water partition coefficient (Wildman–Crippen LogP) is 2.04. The van der Waals surface area contributed by atoms with E-state index in [1.165, 1.54) is 0 Å². The number of hydrogen-bond acceptors (Lipinski definition) is 4. The normalized spacial score (nSPS) is 10.2. The molecule has 4 nitrogen and oxygen atoms in total. The Balaban J connectivity index is 1.94. The highest BCUT2D eigenvalue weighted by Gasteiger charge is 2.06. The molecule has 92 valence electrons. The summed E-state index contributed by atoms with van der Waals surface area (Å²) < 4.78 is 5.09. The van der Waals surface area contributed by atoms with Crippen LogP contribution < -0.4 is 5.32 Å². The maximum Gasteiger partial charge on any atom is 0.240 e. The van der Waals surface area contributed by atoms with Crippen molar-refractivity contribution in [3.8, 4) is 12.3 Å².